The molecule has 1 heterocycles. The van der Waals surface area contributed by atoms with Crippen molar-refractivity contribution in [2.45, 2.75) is 4.90 Å². The van der Waals surface area contributed by atoms with E-state index in [1.54, 1.807) is 24.3 Å². The topological polar surface area (TPSA) is 124 Å². The highest BCUT2D eigenvalue weighted by Crippen LogP contribution is 2.23. The Bertz CT molecular complexity index is 1030. The summed E-state index contributed by atoms with van der Waals surface area (Å²) in [6.07, 6.45) is 0. The second-order valence-corrected chi connectivity index (χ2v) is 7.60. The summed E-state index contributed by atoms with van der Waals surface area (Å²) in [5.74, 6) is -1.84. The lowest BCUT2D eigenvalue weighted by Gasteiger charge is -2.14. The van der Waals surface area contributed by atoms with Gasteiger partial charge in [-0.3, -0.25) is 14.5 Å². The lowest BCUT2D eigenvalue weighted by atomic mass is 10.1. The molecule has 0 radical (unpaired) electrons. The Balaban J connectivity index is 1.68. The van der Waals surface area contributed by atoms with Gasteiger partial charge in [-0.2, -0.15) is 0 Å². The van der Waals surface area contributed by atoms with Gasteiger partial charge < -0.3 is 4.74 Å². The van der Waals surface area contributed by atoms with Crippen molar-refractivity contribution < 1.29 is 27.5 Å². The zero-order valence-corrected chi connectivity index (χ0v) is 15.3. The average Bonchev–Trinajstić information content (AvgIpc) is 2.86. The fraction of sp³-hybridized carbons (Fsp3) is 0.118. The summed E-state index contributed by atoms with van der Waals surface area (Å²) >= 11 is 5.90. The molecule has 2 N–H and O–H groups in total. The number of ether oxygens (including phenoxy) is 1. The molecule has 1 aliphatic rings. The molecule has 0 spiro atoms. The van der Waals surface area contributed by atoms with Crippen LogP contribution in [-0.4, -0.2) is 44.3 Å². The van der Waals surface area contributed by atoms with Crippen LogP contribution in [0.2, 0.25) is 5.02 Å². The van der Waals surface area contributed by atoms with Crippen molar-refractivity contribution in [3.8, 4) is 0 Å². The number of hydrogen-bond acceptors (Lipinski definition) is 6. The van der Waals surface area contributed by atoms with Crippen LogP contribution >= 0.6 is 11.6 Å². The summed E-state index contributed by atoms with van der Waals surface area (Å²) in [6, 6.07) is 9.75. The minimum atomic E-state index is -4.02. The van der Waals surface area contributed by atoms with E-state index in [1.165, 1.54) is 6.07 Å². The van der Waals surface area contributed by atoms with Crippen LogP contribution in [0.15, 0.2) is 47.4 Å². The third-order valence-electron chi connectivity index (χ3n) is 3.91. The Morgan fingerprint density at radius 1 is 1.07 bits per heavy atom. The van der Waals surface area contributed by atoms with Gasteiger partial charge >= 0.3 is 5.97 Å². The Labute approximate surface area is 159 Å². The van der Waals surface area contributed by atoms with Crippen LogP contribution in [0.1, 0.15) is 31.1 Å². The number of imide groups is 1. The molecule has 0 unspecified atom stereocenters. The quantitative estimate of drug-likeness (QED) is 0.589. The number of primary sulfonamides is 1. The maximum atomic E-state index is 12.2. The van der Waals surface area contributed by atoms with Gasteiger partial charge in [-0.05, 0) is 30.3 Å². The first-order valence-corrected chi connectivity index (χ1v) is 9.57. The van der Waals surface area contributed by atoms with E-state index in [0.717, 1.165) is 17.0 Å². The van der Waals surface area contributed by atoms with Gasteiger partial charge in [0.1, 0.15) is 6.61 Å². The molecule has 0 bridgehead atoms. The number of amides is 2. The minimum Gasteiger partial charge on any atom is -0.460 e. The van der Waals surface area contributed by atoms with E-state index in [1.807, 2.05) is 0 Å². The number of nitrogens with zero attached hydrogens (tertiary/aromatic N) is 1. The molecule has 0 fully saturated rings. The summed E-state index contributed by atoms with van der Waals surface area (Å²) in [5.41, 5.74) is 0.390. The summed E-state index contributed by atoms with van der Waals surface area (Å²) in [5, 5.41) is 5.01. The molecule has 0 aromatic heterocycles. The van der Waals surface area contributed by atoms with E-state index in [-0.39, 0.29) is 39.8 Å². The van der Waals surface area contributed by atoms with Gasteiger partial charge in [0.15, 0.2) is 0 Å². The summed E-state index contributed by atoms with van der Waals surface area (Å²) in [6.45, 7) is -0.426. The number of carbonyl (C=O) groups excluding carboxylic acids is 3. The number of nitrogens with two attached hydrogens (primary N) is 1. The molecule has 2 aromatic rings. The first-order valence-electron chi connectivity index (χ1n) is 7.65. The van der Waals surface area contributed by atoms with Crippen LogP contribution in [0.4, 0.5) is 0 Å². The van der Waals surface area contributed by atoms with Crippen LogP contribution in [0.5, 0.6) is 0 Å². The highest BCUT2D eigenvalue weighted by Gasteiger charge is 2.34. The molecule has 140 valence electrons. The third-order valence-corrected chi connectivity index (χ3v) is 5.15. The lowest BCUT2D eigenvalue weighted by molar-refractivity contribution is 0.0420. The Hall–Kier alpha value is -2.75. The molecular formula is C17H13ClN2O6S. The van der Waals surface area contributed by atoms with Crippen molar-refractivity contribution in [1.82, 2.24) is 4.90 Å². The molecule has 27 heavy (non-hydrogen) atoms. The molecule has 0 saturated carbocycles. The first kappa shape index (κ1) is 19.0. The van der Waals surface area contributed by atoms with E-state index in [4.69, 9.17) is 21.5 Å². The zero-order valence-electron chi connectivity index (χ0n) is 13.7. The van der Waals surface area contributed by atoms with Crippen LogP contribution < -0.4 is 5.14 Å². The number of esters is 1. The van der Waals surface area contributed by atoms with Gasteiger partial charge in [-0.1, -0.05) is 23.7 Å². The van der Waals surface area contributed by atoms with Crippen LogP contribution in [0, 0.1) is 0 Å². The molecule has 3 rings (SSSR count). The summed E-state index contributed by atoms with van der Waals surface area (Å²) in [7, 11) is -4.02. The Kier molecular flexibility index (Phi) is 5.01. The number of fused-ring (bicyclic) bond motifs is 1. The maximum Gasteiger partial charge on any atom is 0.339 e. The molecule has 10 heteroatoms. The van der Waals surface area contributed by atoms with Gasteiger partial charge in [-0.15, -0.1) is 0 Å². The number of sulfonamides is 1. The van der Waals surface area contributed by atoms with E-state index >= 15 is 0 Å². The normalized spacial score (nSPS) is 13.6. The lowest BCUT2D eigenvalue weighted by Crippen LogP contribution is -2.33. The van der Waals surface area contributed by atoms with Crippen molar-refractivity contribution >= 4 is 39.4 Å². The van der Waals surface area contributed by atoms with E-state index < -0.39 is 27.8 Å². The van der Waals surface area contributed by atoms with Crippen molar-refractivity contribution in [3.05, 3.63) is 64.2 Å². The predicted octanol–water partition coefficient (Wildman–Crippen LogP) is 1.44. The highest BCUT2D eigenvalue weighted by molar-refractivity contribution is 7.89. The van der Waals surface area contributed by atoms with Crippen LogP contribution in [0.3, 0.4) is 0 Å². The fourth-order valence-corrected chi connectivity index (χ4v) is 3.32. The van der Waals surface area contributed by atoms with Crippen LogP contribution in [0.25, 0.3) is 0 Å². The molecule has 8 nitrogen and oxygen atoms in total. The summed E-state index contributed by atoms with van der Waals surface area (Å²) < 4.78 is 27.8. The Morgan fingerprint density at radius 3 is 2.22 bits per heavy atom. The molecule has 0 atom stereocenters. The Morgan fingerprint density at radius 2 is 1.67 bits per heavy atom. The number of carbonyl (C=O) groups is 3. The zero-order chi connectivity index (χ0) is 19.8. The van der Waals surface area contributed by atoms with Crippen LogP contribution in [-0.2, 0) is 14.8 Å². The smallest absolute Gasteiger partial charge is 0.339 e. The van der Waals surface area contributed by atoms with Gasteiger partial charge in [0.25, 0.3) is 11.8 Å². The van der Waals surface area contributed by atoms with Gasteiger partial charge in [-0.25, -0.2) is 18.4 Å². The first-order chi connectivity index (χ1) is 12.7. The van der Waals surface area contributed by atoms with E-state index in [9.17, 15) is 22.8 Å². The maximum absolute atomic E-state index is 12.2. The third kappa shape index (κ3) is 3.70. The second kappa shape index (κ2) is 7.10. The van der Waals surface area contributed by atoms with Gasteiger partial charge in [0.2, 0.25) is 10.0 Å². The van der Waals surface area contributed by atoms with Gasteiger partial charge in [0, 0.05) is 0 Å². The minimum absolute atomic E-state index is 0.0202. The van der Waals surface area contributed by atoms with E-state index in [2.05, 4.69) is 0 Å². The predicted molar refractivity (Wildman–Crippen MR) is 94.9 cm³/mol. The fourth-order valence-electron chi connectivity index (χ4n) is 2.59. The second-order valence-electron chi connectivity index (χ2n) is 5.63. The molecule has 2 amide bonds. The number of hydrogen-bond donors (Lipinski definition) is 1. The van der Waals surface area contributed by atoms with E-state index in [0.29, 0.717) is 0 Å². The molecule has 1 aliphatic heterocycles. The molecular weight excluding hydrogens is 396 g/mol. The van der Waals surface area contributed by atoms with Crippen molar-refractivity contribution in [2.75, 3.05) is 13.2 Å². The highest BCUT2D eigenvalue weighted by atomic mass is 35.5. The number of benzene rings is 2. The average molecular weight is 409 g/mol. The number of rotatable bonds is 5. The molecule has 0 aliphatic carbocycles. The number of halogens is 1. The largest absolute Gasteiger partial charge is 0.460 e. The van der Waals surface area contributed by atoms with Gasteiger partial charge in [0.05, 0.1) is 33.2 Å². The SMILES string of the molecule is NS(=O)(=O)c1ccc(Cl)c(C(=O)OCCN2C(=O)c3ccccc3C2=O)c1. The monoisotopic (exact) mass is 408 g/mol. The molecule has 0 saturated heterocycles. The van der Waals surface area contributed by atoms with Crippen molar-refractivity contribution in [2.24, 2.45) is 5.14 Å². The standard InChI is InChI=1S/C17H13ClN2O6S/c18-14-6-5-10(27(19,24)25)9-13(14)17(23)26-8-7-20-15(21)11-3-1-2-4-12(11)16(20)22/h1-6,9H,7-8H2,(H2,19,24,25). The summed E-state index contributed by atoms with van der Waals surface area (Å²) in [4.78, 5) is 37.3. The molecule has 2 aromatic carbocycles. The van der Waals surface area contributed by atoms with Crippen molar-refractivity contribution in [1.29, 1.82) is 0 Å². The van der Waals surface area contributed by atoms with Crippen molar-refractivity contribution in [3.63, 3.8) is 0 Å².